The predicted molar refractivity (Wildman–Crippen MR) is 74.9 cm³/mol. The first-order valence-electron chi connectivity index (χ1n) is 5.74. The van der Waals surface area contributed by atoms with E-state index in [9.17, 15) is 0 Å². The van der Waals surface area contributed by atoms with Crippen LogP contribution in [-0.4, -0.2) is 6.54 Å². The van der Waals surface area contributed by atoms with E-state index in [-0.39, 0.29) is 0 Å². The fraction of sp³-hybridized carbons (Fsp3) is 0.538. The Balaban J connectivity index is 2.24. The summed E-state index contributed by atoms with van der Waals surface area (Å²) in [5.41, 5.74) is 1.26. The van der Waals surface area contributed by atoms with Gasteiger partial charge in [0.05, 0.1) is 5.02 Å². The second-order valence-corrected chi connectivity index (χ2v) is 5.72. The third-order valence-electron chi connectivity index (χ3n) is 2.45. The molecular formula is C13H19BrClN. The summed E-state index contributed by atoms with van der Waals surface area (Å²) in [6.45, 7) is 6.51. The summed E-state index contributed by atoms with van der Waals surface area (Å²) in [6.07, 6.45) is 2.53. The van der Waals surface area contributed by atoms with Crippen LogP contribution in [0.1, 0.15) is 32.3 Å². The Bertz CT molecular complexity index is 326. The zero-order valence-corrected chi connectivity index (χ0v) is 12.2. The molecule has 0 radical (unpaired) electrons. The van der Waals surface area contributed by atoms with Crippen molar-refractivity contribution in [2.45, 2.75) is 33.2 Å². The number of rotatable bonds is 6. The Morgan fingerprint density at radius 1 is 1.38 bits per heavy atom. The Morgan fingerprint density at radius 2 is 2.12 bits per heavy atom. The topological polar surface area (TPSA) is 12.0 Å². The van der Waals surface area contributed by atoms with Crippen LogP contribution in [0.4, 0.5) is 0 Å². The van der Waals surface area contributed by atoms with Crippen LogP contribution in [0.25, 0.3) is 0 Å². The van der Waals surface area contributed by atoms with Gasteiger partial charge in [-0.3, -0.25) is 0 Å². The van der Waals surface area contributed by atoms with Crippen molar-refractivity contribution < 1.29 is 0 Å². The minimum Gasteiger partial charge on any atom is -0.313 e. The zero-order chi connectivity index (χ0) is 12.0. The maximum Gasteiger partial charge on any atom is 0.0548 e. The van der Waals surface area contributed by atoms with E-state index in [1.54, 1.807) is 0 Å². The van der Waals surface area contributed by atoms with Crippen molar-refractivity contribution in [3.8, 4) is 0 Å². The van der Waals surface area contributed by atoms with Gasteiger partial charge in [0.1, 0.15) is 0 Å². The van der Waals surface area contributed by atoms with Crippen molar-refractivity contribution in [2.24, 2.45) is 5.92 Å². The summed E-state index contributed by atoms with van der Waals surface area (Å²) in [7, 11) is 0. The third-order valence-corrected chi connectivity index (χ3v) is 3.66. The van der Waals surface area contributed by atoms with E-state index in [0.717, 1.165) is 28.5 Å². The molecule has 0 aliphatic rings. The molecule has 0 unspecified atom stereocenters. The highest BCUT2D eigenvalue weighted by molar-refractivity contribution is 9.10. The molecule has 0 atom stereocenters. The largest absolute Gasteiger partial charge is 0.313 e. The van der Waals surface area contributed by atoms with Crippen molar-refractivity contribution >= 4 is 27.5 Å². The van der Waals surface area contributed by atoms with Crippen LogP contribution in [0, 0.1) is 5.92 Å². The first kappa shape index (κ1) is 14.0. The molecule has 3 heteroatoms. The van der Waals surface area contributed by atoms with Crippen LogP contribution < -0.4 is 5.32 Å². The van der Waals surface area contributed by atoms with Crippen LogP contribution >= 0.6 is 27.5 Å². The van der Waals surface area contributed by atoms with E-state index in [4.69, 9.17) is 11.6 Å². The molecule has 0 aromatic heterocycles. The van der Waals surface area contributed by atoms with Crippen LogP contribution in [0.2, 0.25) is 5.02 Å². The Hall–Kier alpha value is -0.0500. The number of benzene rings is 1. The van der Waals surface area contributed by atoms with E-state index in [1.165, 1.54) is 18.4 Å². The molecule has 1 rings (SSSR count). The van der Waals surface area contributed by atoms with Gasteiger partial charge in [-0.2, -0.15) is 0 Å². The van der Waals surface area contributed by atoms with Crippen LogP contribution in [0.5, 0.6) is 0 Å². The lowest BCUT2D eigenvalue weighted by Crippen LogP contribution is -2.15. The van der Waals surface area contributed by atoms with Crippen molar-refractivity contribution in [1.29, 1.82) is 0 Å². The number of hydrogen-bond donors (Lipinski definition) is 1. The molecule has 1 aromatic carbocycles. The zero-order valence-electron chi connectivity index (χ0n) is 9.89. The summed E-state index contributed by atoms with van der Waals surface area (Å²) in [6, 6.07) is 6.05. The number of hydrogen-bond acceptors (Lipinski definition) is 1. The maximum absolute atomic E-state index is 5.93. The molecule has 1 N–H and O–H groups in total. The lowest BCUT2D eigenvalue weighted by Gasteiger charge is -2.07. The number of halogens is 2. The highest BCUT2D eigenvalue weighted by atomic mass is 79.9. The maximum atomic E-state index is 5.93. The predicted octanol–water partition coefficient (Wildman–Crippen LogP) is 4.63. The number of nitrogens with one attached hydrogen (secondary N) is 1. The molecule has 16 heavy (non-hydrogen) atoms. The first-order valence-corrected chi connectivity index (χ1v) is 6.91. The second kappa shape index (κ2) is 7.31. The lowest BCUT2D eigenvalue weighted by atomic mass is 10.1. The molecule has 90 valence electrons. The molecular weight excluding hydrogens is 286 g/mol. The van der Waals surface area contributed by atoms with Gasteiger partial charge in [0.25, 0.3) is 0 Å². The summed E-state index contributed by atoms with van der Waals surface area (Å²) in [4.78, 5) is 0. The van der Waals surface area contributed by atoms with E-state index in [0.29, 0.717) is 0 Å². The molecule has 0 aliphatic carbocycles. The summed E-state index contributed by atoms with van der Waals surface area (Å²) in [5.74, 6) is 0.798. The van der Waals surface area contributed by atoms with Crippen molar-refractivity contribution in [1.82, 2.24) is 5.32 Å². The molecule has 0 amide bonds. The van der Waals surface area contributed by atoms with E-state index >= 15 is 0 Å². The van der Waals surface area contributed by atoms with Gasteiger partial charge in [0.15, 0.2) is 0 Å². The normalized spacial score (nSPS) is 11.1. The molecule has 0 bridgehead atoms. The molecule has 1 aromatic rings. The van der Waals surface area contributed by atoms with Gasteiger partial charge >= 0.3 is 0 Å². The first-order chi connectivity index (χ1) is 7.59. The van der Waals surface area contributed by atoms with Crippen molar-refractivity contribution in [3.05, 3.63) is 33.3 Å². The molecule has 0 fully saturated rings. The van der Waals surface area contributed by atoms with Crippen LogP contribution in [0.3, 0.4) is 0 Å². The SMILES string of the molecule is CC(C)CCCNCc1ccc(Cl)c(Br)c1. The van der Waals surface area contributed by atoms with Gasteiger partial charge in [0.2, 0.25) is 0 Å². The van der Waals surface area contributed by atoms with E-state index in [1.807, 2.05) is 6.07 Å². The quantitative estimate of drug-likeness (QED) is 0.756. The Morgan fingerprint density at radius 3 is 2.75 bits per heavy atom. The smallest absolute Gasteiger partial charge is 0.0548 e. The Kier molecular flexibility index (Phi) is 6.40. The fourth-order valence-corrected chi connectivity index (χ4v) is 2.06. The van der Waals surface area contributed by atoms with Crippen molar-refractivity contribution in [2.75, 3.05) is 6.54 Å². The fourth-order valence-electron chi connectivity index (χ4n) is 1.52. The summed E-state index contributed by atoms with van der Waals surface area (Å²) >= 11 is 9.36. The molecule has 1 nitrogen and oxygen atoms in total. The summed E-state index contributed by atoms with van der Waals surface area (Å²) < 4.78 is 0.968. The average Bonchev–Trinajstić information content (AvgIpc) is 2.22. The van der Waals surface area contributed by atoms with Gasteiger partial charge in [-0.05, 0) is 58.9 Å². The molecule has 0 saturated carbocycles. The Labute approximate surface area is 112 Å². The van der Waals surface area contributed by atoms with Gasteiger partial charge in [0, 0.05) is 11.0 Å². The van der Waals surface area contributed by atoms with E-state index in [2.05, 4.69) is 47.2 Å². The van der Waals surface area contributed by atoms with E-state index < -0.39 is 0 Å². The highest BCUT2D eigenvalue weighted by Gasteiger charge is 1.99. The standard InChI is InChI=1S/C13H19BrClN/c1-10(2)4-3-7-16-9-11-5-6-13(15)12(14)8-11/h5-6,8,10,16H,3-4,7,9H2,1-2H3. The average molecular weight is 305 g/mol. The van der Waals surface area contributed by atoms with Gasteiger partial charge in [-0.15, -0.1) is 0 Å². The third kappa shape index (κ3) is 5.33. The minimum absolute atomic E-state index is 0.767. The second-order valence-electron chi connectivity index (χ2n) is 4.46. The monoisotopic (exact) mass is 303 g/mol. The van der Waals surface area contributed by atoms with Gasteiger partial charge in [-0.1, -0.05) is 31.5 Å². The van der Waals surface area contributed by atoms with Gasteiger partial charge < -0.3 is 5.32 Å². The van der Waals surface area contributed by atoms with Crippen LogP contribution in [-0.2, 0) is 6.54 Å². The highest BCUT2D eigenvalue weighted by Crippen LogP contribution is 2.23. The van der Waals surface area contributed by atoms with Gasteiger partial charge in [-0.25, -0.2) is 0 Å². The molecule has 0 heterocycles. The van der Waals surface area contributed by atoms with Crippen LogP contribution in [0.15, 0.2) is 22.7 Å². The van der Waals surface area contributed by atoms with Crippen molar-refractivity contribution in [3.63, 3.8) is 0 Å². The summed E-state index contributed by atoms with van der Waals surface area (Å²) in [5, 5.41) is 4.21. The lowest BCUT2D eigenvalue weighted by molar-refractivity contribution is 0.527. The molecule has 0 saturated heterocycles. The molecule has 0 aliphatic heterocycles. The molecule has 0 spiro atoms. The minimum atomic E-state index is 0.767.